The van der Waals surface area contributed by atoms with Crippen LogP contribution in [0.4, 0.5) is 5.69 Å². The van der Waals surface area contributed by atoms with Crippen LogP contribution in [0, 0.1) is 0 Å². The first-order valence-electron chi connectivity index (χ1n) is 6.49. The molecular formula is C14H19BrN2O2. The van der Waals surface area contributed by atoms with Crippen LogP contribution < -0.4 is 10.6 Å². The molecule has 1 fully saturated rings. The minimum absolute atomic E-state index is 0.0148. The molecular weight excluding hydrogens is 308 g/mol. The van der Waals surface area contributed by atoms with Crippen molar-refractivity contribution < 1.29 is 9.53 Å². The molecule has 0 spiro atoms. The third-order valence-corrected chi connectivity index (χ3v) is 3.87. The second-order valence-corrected chi connectivity index (χ2v) is 5.72. The van der Waals surface area contributed by atoms with Crippen molar-refractivity contribution >= 4 is 27.5 Å². The van der Waals surface area contributed by atoms with Gasteiger partial charge in [-0.25, -0.2) is 0 Å². The van der Waals surface area contributed by atoms with Crippen LogP contribution in [0.5, 0.6) is 0 Å². The molecule has 0 saturated heterocycles. The van der Waals surface area contributed by atoms with Gasteiger partial charge in [0, 0.05) is 23.3 Å². The van der Waals surface area contributed by atoms with Gasteiger partial charge in [-0.1, -0.05) is 22.0 Å². The minimum Gasteiger partial charge on any atom is -0.381 e. The van der Waals surface area contributed by atoms with Crippen molar-refractivity contribution in [1.82, 2.24) is 5.32 Å². The number of anilines is 1. The largest absolute Gasteiger partial charge is 0.381 e. The van der Waals surface area contributed by atoms with Crippen molar-refractivity contribution in [2.75, 3.05) is 19.0 Å². The molecule has 0 radical (unpaired) electrons. The third-order valence-electron chi connectivity index (χ3n) is 3.38. The number of benzene rings is 1. The summed E-state index contributed by atoms with van der Waals surface area (Å²) in [5, 5.41) is 6.15. The van der Waals surface area contributed by atoms with Crippen molar-refractivity contribution in [2.45, 2.75) is 31.4 Å². The van der Waals surface area contributed by atoms with E-state index in [0.717, 1.165) is 29.4 Å². The number of methoxy groups -OCH3 is 1. The highest BCUT2D eigenvalue weighted by Crippen LogP contribution is 2.21. The van der Waals surface area contributed by atoms with Crippen molar-refractivity contribution in [3.63, 3.8) is 0 Å². The lowest BCUT2D eigenvalue weighted by Crippen LogP contribution is -2.35. The van der Waals surface area contributed by atoms with E-state index in [4.69, 9.17) is 4.74 Å². The average molecular weight is 327 g/mol. The first kappa shape index (κ1) is 14.5. The molecule has 0 aromatic heterocycles. The number of carbonyl (C=O) groups is 1. The zero-order valence-corrected chi connectivity index (χ0v) is 12.6. The van der Waals surface area contributed by atoms with Crippen molar-refractivity contribution in [2.24, 2.45) is 0 Å². The van der Waals surface area contributed by atoms with E-state index in [9.17, 15) is 4.79 Å². The maximum Gasteiger partial charge on any atom is 0.238 e. The van der Waals surface area contributed by atoms with Gasteiger partial charge in [-0.2, -0.15) is 0 Å². The highest BCUT2D eigenvalue weighted by Gasteiger charge is 2.24. The molecule has 5 heteroatoms. The number of ether oxygens (including phenoxy) is 1. The molecule has 1 aliphatic rings. The molecule has 19 heavy (non-hydrogen) atoms. The van der Waals surface area contributed by atoms with Gasteiger partial charge >= 0.3 is 0 Å². The summed E-state index contributed by atoms with van der Waals surface area (Å²) >= 11 is 3.38. The predicted octanol–water partition coefficient (Wildman–Crippen LogP) is 2.54. The fourth-order valence-corrected chi connectivity index (χ4v) is 2.75. The second-order valence-electron chi connectivity index (χ2n) is 4.81. The topological polar surface area (TPSA) is 50.4 Å². The Morgan fingerprint density at radius 3 is 3.00 bits per heavy atom. The molecule has 0 bridgehead atoms. The summed E-state index contributed by atoms with van der Waals surface area (Å²) < 4.78 is 6.27. The molecule has 1 saturated carbocycles. The predicted molar refractivity (Wildman–Crippen MR) is 79.2 cm³/mol. The molecule has 1 amide bonds. The van der Waals surface area contributed by atoms with Gasteiger partial charge < -0.3 is 15.4 Å². The molecule has 2 atom stereocenters. The van der Waals surface area contributed by atoms with Crippen molar-refractivity contribution in [1.29, 1.82) is 0 Å². The summed E-state index contributed by atoms with van der Waals surface area (Å²) in [4.78, 5) is 11.8. The van der Waals surface area contributed by atoms with Crippen LogP contribution in [0.25, 0.3) is 0 Å². The van der Waals surface area contributed by atoms with Crippen molar-refractivity contribution in [3.8, 4) is 0 Å². The molecule has 4 nitrogen and oxygen atoms in total. The van der Waals surface area contributed by atoms with E-state index in [1.54, 1.807) is 7.11 Å². The summed E-state index contributed by atoms with van der Waals surface area (Å²) in [5.74, 6) is -0.0148. The Morgan fingerprint density at radius 2 is 2.32 bits per heavy atom. The summed E-state index contributed by atoms with van der Waals surface area (Å²) in [6.45, 7) is 0.341. The van der Waals surface area contributed by atoms with Gasteiger partial charge in [0.2, 0.25) is 5.91 Å². The van der Waals surface area contributed by atoms with Crippen LogP contribution in [0.3, 0.4) is 0 Å². The van der Waals surface area contributed by atoms with E-state index in [1.165, 1.54) is 0 Å². The Kier molecular flexibility index (Phi) is 5.36. The second kappa shape index (κ2) is 7.03. The molecule has 1 aromatic carbocycles. The number of halogens is 1. The quantitative estimate of drug-likeness (QED) is 0.874. The molecule has 1 aromatic rings. The zero-order valence-electron chi connectivity index (χ0n) is 11.0. The summed E-state index contributed by atoms with van der Waals surface area (Å²) in [5.41, 5.74) is 0.808. The van der Waals surface area contributed by atoms with Crippen LogP contribution in [-0.4, -0.2) is 31.7 Å². The number of hydrogen-bond donors (Lipinski definition) is 2. The van der Waals surface area contributed by atoms with E-state index in [2.05, 4.69) is 26.6 Å². The summed E-state index contributed by atoms with van der Waals surface area (Å²) in [6, 6.07) is 7.97. The SMILES string of the molecule is COC1CCC(NCC(=O)Nc2cccc(Br)c2)C1. The Morgan fingerprint density at radius 1 is 1.47 bits per heavy atom. The van der Waals surface area contributed by atoms with Gasteiger partial charge in [0.05, 0.1) is 12.6 Å². The standard InChI is InChI=1S/C14H19BrN2O2/c1-19-13-6-5-11(8-13)16-9-14(18)17-12-4-2-3-10(15)7-12/h2-4,7,11,13,16H,5-6,8-9H2,1H3,(H,17,18). The van der Waals surface area contributed by atoms with E-state index >= 15 is 0 Å². The first-order valence-corrected chi connectivity index (χ1v) is 7.28. The van der Waals surface area contributed by atoms with Gasteiger partial charge in [-0.3, -0.25) is 4.79 Å². The normalized spacial score (nSPS) is 22.4. The number of rotatable bonds is 5. The Balaban J connectivity index is 1.73. The van der Waals surface area contributed by atoms with Crippen LogP contribution in [0.1, 0.15) is 19.3 Å². The Labute approximate surface area is 122 Å². The van der Waals surface area contributed by atoms with Gasteiger partial charge in [-0.15, -0.1) is 0 Å². The monoisotopic (exact) mass is 326 g/mol. The number of hydrogen-bond acceptors (Lipinski definition) is 3. The lowest BCUT2D eigenvalue weighted by molar-refractivity contribution is -0.115. The molecule has 0 aliphatic heterocycles. The maximum atomic E-state index is 11.8. The van der Waals surface area contributed by atoms with Gasteiger partial charge in [-0.05, 0) is 37.5 Å². The van der Waals surface area contributed by atoms with E-state index < -0.39 is 0 Å². The lowest BCUT2D eigenvalue weighted by atomic mass is 10.2. The highest BCUT2D eigenvalue weighted by atomic mass is 79.9. The fraction of sp³-hybridized carbons (Fsp3) is 0.500. The Hall–Kier alpha value is -0.910. The first-order chi connectivity index (χ1) is 9.17. The maximum absolute atomic E-state index is 11.8. The van der Waals surface area contributed by atoms with Gasteiger partial charge in [0.25, 0.3) is 0 Å². The molecule has 2 N–H and O–H groups in total. The summed E-state index contributed by atoms with van der Waals surface area (Å²) in [6.07, 6.45) is 3.47. The zero-order chi connectivity index (χ0) is 13.7. The van der Waals surface area contributed by atoms with Crippen molar-refractivity contribution in [3.05, 3.63) is 28.7 Å². The van der Waals surface area contributed by atoms with Crippen LogP contribution in [0.15, 0.2) is 28.7 Å². The molecule has 2 unspecified atom stereocenters. The number of amides is 1. The van der Waals surface area contributed by atoms with E-state index in [0.29, 0.717) is 18.7 Å². The van der Waals surface area contributed by atoms with Crippen LogP contribution >= 0.6 is 15.9 Å². The van der Waals surface area contributed by atoms with Crippen LogP contribution in [-0.2, 0) is 9.53 Å². The molecule has 2 rings (SSSR count). The molecule has 1 aliphatic carbocycles. The van der Waals surface area contributed by atoms with E-state index in [1.807, 2.05) is 24.3 Å². The molecule has 0 heterocycles. The Bertz CT molecular complexity index is 439. The minimum atomic E-state index is -0.0148. The average Bonchev–Trinajstić information content (AvgIpc) is 2.84. The van der Waals surface area contributed by atoms with E-state index in [-0.39, 0.29) is 5.91 Å². The number of carbonyl (C=O) groups excluding carboxylic acids is 1. The van der Waals surface area contributed by atoms with Crippen LogP contribution in [0.2, 0.25) is 0 Å². The number of nitrogens with one attached hydrogen (secondary N) is 2. The lowest BCUT2D eigenvalue weighted by Gasteiger charge is -2.13. The summed E-state index contributed by atoms with van der Waals surface area (Å²) in [7, 11) is 1.74. The fourth-order valence-electron chi connectivity index (χ4n) is 2.35. The van der Waals surface area contributed by atoms with Gasteiger partial charge in [0.15, 0.2) is 0 Å². The third kappa shape index (κ3) is 4.60. The van der Waals surface area contributed by atoms with Gasteiger partial charge in [0.1, 0.15) is 0 Å². The smallest absolute Gasteiger partial charge is 0.238 e. The highest BCUT2D eigenvalue weighted by molar-refractivity contribution is 9.10. The molecule has 104 valence electrons.